The van der Waals surface area contributed by atoms with E-state index in [2.05, 4.69) is 10.0 Å². The normalized spacial score (nSPS) is 17.3. The van der Waals surface area contributed by atoms with E-state index in [1.165, 1.54) is 6.42 Å². The minimum Gasteiger partial charge on any atom is -0.447 e. The summed E-state index contributed by atoms with van der Waals surface area (Å²) in [5.74, 6) is 1.91. The van der Waals surface area contributed by atoms with Crippen molar-refractivity contribution in [1.82, 2.24) is 14.7 Å². The number of hydrogen-bond donors (Lipinski definition) is 1. The Kier molecular flexibility index (Phi) is 25.0. The summed E-state index contributed by atoms with van der Waals surface area (Å²) in [6, 6.07) is 0. The molecule has 3 rings (SSSR count). The van der Waals surface area contributed by atoms with Crippen molar-refractivity contribution in [2.24, 2.45) is 28.6 Å². The van der Waals surface area contributed by atoms with E-state index in [1.54, 1.807) is 9.80 Å². The number of amides is 3. The fourth-order valence-corrected chi connectivity index (χ4v) is 6.95. The zero-order valence-electron chi connectivity index (χ0n) is 34.2. The molecule has 3 saturated heterocycles. The summed E-state index contributed by atoms with van der Waals surface area (Å²) in [7, 11) is -3.33. The maximum Gasteiger partial charge on any atom is 0.410 e. The van der Waals surface area contributed by atoms with Gasteiger partial charge in [-0.1, -0.05) is 11.5 Å². The highest BCUT2D eigenvalue weighted by Gasteiger charge is 2.26. The van der Waals surface area contributed by atoms with E-state index in [-0.39, 0.29) is 43.2 Å². The first-order chi connectivity index (χ1) is 25.5. The van der Waals surface area contributed by atoms with Crippen LogP contribution >= 0.6 is 0 Å². The van der Waals surface area contributed by atoms with Gasteiger partial charge in [-0.05, 0) is 142 Å². The molecule has 0 aromatic rings. The van der Waals surface area contributed by atoms with Crippen molar-refractivity contribution in [2.75, 3.05) is 65.2 Å². The first-order valence-corrected chi connectivity index (χ1v) is 21.8. The molecule has 16 nitrogen and oxygen atoms in total. The lowest BCUT2D eigenvalue weighted by Crippen LogP contribution is -2.39. The highest BCUT2D eigenvalue weighted by Crippen LogP contribution is 2.24. The molecular weight excluding hydrogens is 719 g/mol. The summed E-state index contributed by atoms with van der Waals surface area (Å²) in [4.78, 5) is 43.1. The Hall–Kier alpha value is -3.01. The average molecular weight is 790 g/mol. The third kappa shape index (κ3) is 23.7. The molecule has 0 saturated carbocycles. The SMILES string of the molecule is CC(C)OC(=O)N1CCC(CCCN)CC1.CC(C)OC(=O)N1CCC(CCCN=[N+]=[N-])CC1.CC(C)OC(=O)N1CCC(CCCOS(C)(=O)=O)CC1. The first kappa shape index (κ1) is 49.0. The van der Waals surface area contributed by atoms with E-state index in [0.29, 0.717) is 31.5 Å². The summed E-state index contributed by atoms with van der Waals surface area (Å²) < 4.78 is 41.8. The average Bonchev–Trinajstić information content (AvgIpc) is 3.11. The van der Waals surface area contributed by atoms with Gasteiger partial charge in [-0.2, -0.15) is 8.42 Å². The molecule has 3 heterocycles. The smallest absolute Gasteiger partial charge is 0.410 e. The number of piperidine rings is 3. The molecular formula is C37H71N7O9S. The molecule has 0 spiro atoms. The van der Waals surface area contributed by atoms with Crippen LogP contribution in [0, 0.1) is 17.8 Å². The van der Waals surface area contributed by atoms with Crippen molar-refractivity contribution in [3.63, 3.8) is 0 Å². The lowest BCUT2D eigenvalue weighted by Gasteiger charge is -2.31. The van der Waals surface area contributed by atoms with Gasteiger partial charge in [0.2, 0.25) is 0 Å². The van der Waals surface area contributed by atoms with E-state index in [0.717, 1.165) is 116 Å². The fourth-order valence-electron chi connectivity index (χ4n) is 6.53. The number of carbonyl (C=O) groups is 3. The number of azide groups is 1. The summed E-state index contributed by atoms with van der Waals surface area (Å²) in [5.41, 5.74) is 13.7. The van der Waals surface area contributed by atoms with Crippen LogP contribution in [0.5, 0.6) is 0 Å². The zero-order chi connectivity index (χ0) is 40.5. The van der Waals surface area contributed by atoms with Crippen LogP contribution in [0.3, 0.4) is 0 Å². The standard InChI is InChI=1S/C13H25NO5S.C12H22N4O2.C12H24N2O2/c1-11(2)19-13(15)14-8-6-12(7-9-14)5-4-10-18-20(3,16)17;1-10(2)18-12(17)16-8-5-11(6-9-16)4-3-7-14-15-13;1-10(2)16-12(15)14-8-5-11(6-9-14)4-3-7-13/h11-12H,4-10H2,1-3H3;10-11H,3-9H2,1-2H3;10-11H,3-9,13H2,1-2H3. The molecule has 54 heavy (non-hydrogen) atoms. The number of carbonyl (C=O) groups excluding carboxylic acids is 3. The van der Waals surface area contributed by atoms with Crippen LogP contribution in [-0.2, 0) is 28.5 Å². The zero-order valence-corrected chi connectivity index (χ0v) is 35.0. The molecule has 0 aromatic heterocycles. The molecule has 3 amide bonds. The maximum absolute atomic E-state index is 11.7. The van der Waals surface area contributed by atoms with Crippen molar-refractivity contribution >= 4 is 28.4 Å². The number of likely N-dealkylation sites (tertiary alicyclic amines) is 3. The molecule has 0 bridgehead atoms. The summed E-state index contributed by atoms with van der Waals surface area (Å²) in [6.07, 6.45) is 12.4. The van der Waals surface area contributed by atoms with Crippen LogP contribution in [0.2, 0.25) is 0 Å². The van der Waals surface area contributed by atoms with Crippen molar-refractivity contribution in [3.05, 3.63) is 10.4 Å². The fraction of sp³-hybridized carbons (Fsp3) is 0.919. The van der Waals surface area contributed by atoms with Crippen LogP contribution in [0.1, 0.15) is 119 Å². The van der Waals surface area contributed by atoms with Gasteiger partial charge in [0.15, 0.2) is 0 Å². The van der Waals surface area contributed by atoms with Gasteiger partial charge in [0.1, 0.15) is 0 Å². The lowest BCUT2D eigenvalue weighted by atomic mass is 9.92. The van der Waals surface area contributed by atoms with E-state index in [9.17, 15) is 22.8 Å². The van der Waals surface area contributed by atoms with Gasteiger partial charge < -0.3 is 34.6 Å². The van der Waals surface area contributed by atoms with E-state index < -0.39 is 10.1 Å². The van der Waals surface area contributed by atoms with Crippen LogP contribution in [0.4, 0.5) is 14.4 Å². The summed E-state index contributed by atoms with van der Waals surface area (Å²) >= 11 is 0. The van der Waals surface area contributed by atoms with Gasteiger partial charge in [0.25, 0.3) is 10.1 Å². The van der Waals surface area contributed by atoms with Crippen LogP contribution < -0.4 is 5.73 Å². The summed E-state index contributed by atoms with van der Waals surface area (Å²) in [5, 5.41) is 3.53. The third-order valence-corrected chi connectivity index (χ3v) is 10.0. The molecule has 0 aliphatic carbocycles. The Labute approximate surface area is 324 Å². The van der Waals surface area contributed by atoms with E-state index in [4.69, 9.17) is 29.7 Å². The minimum absolute atomic E-state index is 0.0255. The molecule has 3 fully saturated rings. The number of nitrogens with zero attached hydrogens (tertiary/aromatic N) is 6. The van der Waals surface area contributed by atoms with Gasteiger partial charge >= 0.3 is 18.3 Å². The van der Waals surface area contributed by atoms with Crippen LogP contribution in [-0.4, -0.2) is 125 Å². The highest BCUT2D eigenvalue weighted by molar-refractivity contribution is 7.85. The molecule has 17 heteroatoms. The molecule has 0 radical (unpaired) electrons. The number of hydrogen-bond acceptors (Lipinski definition) is 11. The predicted molar refractivity (Wildman–Crippen MR) is 209 cm³/mol. The molecule has 314 valence electrons. The predicted octanol–water partition coefficient (Wildman–Crippen LogP) is 7.32. The monoisotopic (exact) mass is 790 g/mol. The van der Waals surface area contributed by atoms with Gasteiger partial charge in [0.05, 0.1) is 31.2 Å². The number of nitrogens with two attached hydrogens (primary N) is 1. The Morgan fingerprint density at radius 1 is 0.667 bits per heavy atom. The van der Waals surface area contributed by atoms with Crippen molar-refractivity contribution in [3.8, 4) is 0 Å². The van der Waals surface area contributed by atoms with E-state index in [1.807, 2.05) is 46.4 Å². The Bertz CT molecular complexity index is 1210. The Morgan fingerprint density at radius 3 is 1.30 bits per heavy atom. The molecule has 2 N–H and O–H groups in total. The Balaban J connectivity index is 0.000000408. The van der Waals surface area contributed by atoms with Gasteiger partial charge in [0, 0.05) is 50.7 Å². The largest absolute Gasteiger partial charge is 0.447 e. The molecule has 0 atom stereocenters. The second-order valence-electron chi connectivity index (χ2n) is 15.3. The van der Waals surface area contributed by atoms with Crippen LogP contribution in [0.25, 0.3) is 10.4 Å². The summed E-state index contributed by atoms with van der Waals surface area (Å²) in [6.45, 7) is 17.4. The molecule has 0 unspecified atom stereocenters. The van der Waals surface area contributed by atoms with Crippen molar-refractivity contribution in [2.45, 2.75) is 137 Å². The Morgan fingerprint density at radius 2 is 1.00 bits per heavy atom. The van der Waals surface area contributed by atoms with Gasteiger partial charge in [-0.15, -0.1) is 0 Å². The number of rotatable bonds is 15. The first-order valence-electron chi connectivity index (χ1n) is 20.0. The minimum atomic E-state index is -3.33. The maximum atomic E-state index is 11.7. The molecule has 3 aliphatic rings. The quantitative estimate of drug-likeness (QED) is 0.0437. The van der Waals surface area contributed by atoms with Crippen molar-refractivity contribution in [1.29, 1.82) is 0 Å². The van der Waals surface area contributed by atoms with Crippen LogP contribution in [0.15, 0.2) is 5.11 Å². The number of ether oxygens (including phenoxy) is 3. The van der Waals surface area contributed by atoms with E-state index >= 15 is 0 Å². The second-order valence-corrected chi connectivity index (χ2v) is 16.9. The third-order valence-electron chi connectivity index (χ3n) is 9.43. The molecule has 0 aromatic carbocycles. The molecule has 3 aliphatic heterocycles. The second kappa shape index (κ2) is 27.6. The van der Waals surface area contributed by atoms with Crippen molar-refractivity contribution < 1.29 is 41.2 Å². The van der Waals surface area contributed by atoms with Gasteiger partial charge in [-0.25, -0.2) is 14.4 Å². The lowest BCUT2D eigenvalue weighted by molar-refractivity contribution is 0.0636. The van der Waals surface area contributed by atoms with Gasteiger partial charge in [-0.3, -0.25) is 4.18 Å². The topological polar surface area (TPSA) is 207 Å². The highest BCUT2D eigenvalue weighted by atomic mass is 32.2.